The lowest BCUT2D eigenvalue weighted by atomic mass is 10.1. The van der Waals surface area contributed by atoms with Crippen LogP contribution in [0, 0.1) is 5.92 Å². The average molecular weight is 316 g/mol. The number of rotatable bonds is 3. The predicted octanol–water partition coefficient (Wildman–Crippen LogP) is 4.25. The number of aliphatic carboxylic acids is 1. The number of alkyl halides is 4. The molecule has 0 aromatic heterocycles. The highest BCUT2D eigenvalue weighted by molar-refractivity contribution is 6.53. The third-order valence-corrected chi connectivity index (χ3v) is 4.22. The van der Waals surface area contributed by atoms with Crippen molar-refractivity contribution in [3.05, 3.63) is 34.3 Å². The van der Waals surface area contributed by atoms with Crippen molar-refractivity contribution in [1.82, 2.24) is 0 Å². The van der Waals surface area contributed by atoms with Crippen molar-refractivity contribution in [2.24, 2.45) is 5.92 Å². The van der Waals surface area contributed by atoms with E-state index in [0.717, 1.165) is 6.07 Å². The number of carbonyl (C=O) groups is 1. The van der Waals surface area contributed by atoms with Gasteiger partial charge in [0.05, 0.1) is 5.92 Å². The van der Waals surface area contributed by atoms with Gasteiger partial charge >= 0.3 is 5.97 Å². The minimum atomic E-state index is -2.74. The molecule has 98 valence electrons. The molecule has 7 heteroatoms. The molecule has 0 spiro atoms. The van der Waals surface area contributed by atoms with Crippen LogP contribution in [0.15, 0.2) is 18.2 Å². The molecular weight excluding hydrogens is 308 g/mol. The van der Waals surface area contributed by atoms with Gasteiger partial charge in [-0.2, -0.15) is 0 Å². The molecule has 2 atom stereocenters. The van der Waals surface area contributed by atoms with Crippen LogP contribution in [0.4, 0.5) is 8.78 Å². The first-order valence-corrected chi connectivity index (χ1v) is 6.08. The van der Waals surface area contributed by atoms with Gasteiger partial charge in [0.1, 0.15) is 4.33 Å². The second kappa shape index (κ2) is 4.51. The summed E-state index contributed by atoms with van der Waals surface area (Å²) in [5.41, 5.74) is 0.00133. The summed E-state index contributed by atoms with van der Waals surface area (Å²) < 4.78 is 23.9. The third-order valence-electron chi connectivity index (χ3n) is 2.93. The van der Waals surface area contributed by atoms with Crippen LogP contribution in [0.5, 0.6) is 0 Å². The van der Waals surface area contributed by atoms with Crippen molar-refractivity contribution in [2.45, 2.75) is 16.7 Å². The molecule has 0 heterocycles. The first kappa shape index (κ1) is 13.8. The molecule has 1 saturated carbocycles. The standard InChI is InChI=1S/C11H7Cl3F2O2/c12-6-2-1-4(3-5(6)9(15)16)7-8(10(17)18)11(7,13)14/h1-3,7-9H,(H,17,18). The molecule has 0 amide bonds. The Morgan fingerprint density at radius 1 is 1.39 bits per heavy atom. The maximum atomic E-state index is 12.7. The SMILES string of the molecule is O=C(O)C1C(c2ccc(Cl)c(C(F)F)c2)C1(Cl)Cl. The van der Waals surface area contributed by atoms with Crippen LogP contribution in [0.25, 0.3) is 0 Å². The van der Waals surface area contributed by atoms with E-state index in [2.05, 4.69) is 0 Å². The van der Waals surface area contributed by atoms with E-state index in [-0.39, 0.29) is 10.6 Å². The maximum Gasteiger partial charge on any atom is 0.310 e. The summed E-state index contributed by atoms with van der Waals surface area (Å²) in [6, 6.07) is 3.90. The first-order valence-electron chi connectivity index (χ1n) is 4.95. The van der Waals surface area contributed by atoms with Gasteiger partial charge in [-0.15, -0.1) is 0 Å². The lowest BCUT2D eigenvalue weighted by Crippen LogP contribution is -2.03. The molecule has 0 radical (unpaired) electrons. The van der Waals surface area contributed by atoms with Gasteiger partial charge in [-0.25, -0.2) is 8.78 Å². The predicted molar refractivity (Wildman–Crippen MR) is 64.7 cm³/mol. The van der Waals surface area contributed by atoms with E-state index in [4.69, 9.17) is 39.9 Å². The molecule has 1 aromatic rings. The highest BCUT2D eigenvalue weighted by Gasteiger charge is 2.68. The molecule has 2 rings (SSSR count). The van der Waals surface area contributed by atoms with Crippen molar-refractivity contribution in [1.29, 1.82) is 0 Å². The normalized spacial score (nSPS) is 25.2. The largest absolute Gasteiger partial charge is 0.481 e. The van der Waals surface area contributed by atoms with Gasteiger partial charge in [0, 0.05) is 16.5 Å². The van der Waals surface area contributed by atoms with Gasteiger partial charge in [-0.1, -0.05) is 40.9 Å². The van der Waals surface area contributed by atoms with Crippen LogP contribution in [-0.4, -0.2) is 15.4 Å². The van der Waals surface area contributed by atoms with Crippen LogP contribution in [0.3, 0.4) is 0 Å². The summed E-state index contributed by atoms with van der Waals surface area (Å²) in [6.45, 7) is 0. The second-order valence-corrected chi connectivity index (χ2v) is 5.90. The van der Waals surface area contributed by atoms with Gasteiger partial charge < -0.3 is 5.11 Å². The average Bonchev–Trinajstić information content (AvgIpc) is 2.82. The highest BCUT2D eigenvalue weighted by Crippen LogP contribution is 2.65. The molecule has 0 saturated heterocycles. The van der Waals surface area contributed by atoms with E-state index in [1.54, 1.807) is 0 Å². The summed E-state index contributed by atoms with van der Waals surface area (Å²) in [5.74, 6) is -2.85. The van der Waals surface area contributed by atoms with Crippen molar-refractivity contribution in [3.8, 4) is 0 Å². The van der Waals surface area contributed by atoms with Gasteiger partial charge in [0.25, 0.3) is 6.43 Å². The van der Waals surface area contributed by atoms with Crippen LogP contribution < -0.4 is 0 Å². The van der Waals surface area contributed by atoms with Gasteiger partial charge in [-0.05, 0) is 17.7 Å². The topological polar surface area (TPSA) is 37.3 Å². The summed E-state index contributed by atoms with van der Waals surface area (Å²) >= 11 is 17.3. The Kier molecular flexibility index (Phi) is 3.47. The Morgan fingerprint density at radius 2 is 2.00 bits per heavy atom. The molecule has 1 aromatic carbocycles. The summed E-state index contributed by atoms with van der Waals surface area (Å²) in [5, 5.41) is 8.84. The molecule has 2 nitrogen and oxygen atoms in total. The van der Waals surface area contributed by atoms with E-state index in [1.165, 1.54) is 12.1 Å². The maximum absolute atomic E-state index is 12.7. The van der Waals surface area contributed by atoms with Gasteiger partial charge in [0.2, 0.25) is 0 Å². The number of hydrogen-bond acceptors (Lipinski definition) is 1. The molecule has 2 unspecified atom stereocenters. The summed E-state index contributed by atoms with van der Waals surface area (Å²) in [4.78, 5) is 10.9. The Labute approximate surface area is 116 Å². The van der Waals surface area contributed by atoms with Crippen molar-refractivity contribution >= 4 is 40.8 Å². The summed E-state index contributed by atoms with van der Waals surface area (Å²) in [7, 11) is 0. The highest BCUT2D eigenvalue weighted by atomic mass is 35.5. The summed E-state index contributed by atoms with van der Waals surface area (Å²) in [6.07, 6.45) is -2.74. The van der Waals surface area contributed by atoms with Crippen LogP contribution in [-0.2, 0) is 4.79 Å². The lowest BCUT2D eigenvalue weighted by molar-refractivity contribution is -0.138. The van der Waals surface area contributed by atoms with Crippen LogP contribution >= 0.6 is 34.8 Å². The van der Waals surface area contributed by atoms with Crippen molar-refractivity contribution < 1.29 is 18.7 Å². The number of benzene rings is 1. The number of carboxylic acids is 1. The first-order chi connectivity index (χ1) is 8.26. The van der Waals surface area contributed by atoms with E-state index >= 15 is 0 Å². The molecule has 1 aliphatic carbocycles. The van der Waals surface area contributed by atoms with Gasteiger partial charge in [-0.3, -0.25) is 4.79 Å². The van der Waals surface area contributed by atoms with E-state index < -0.39 is 28.6 Å². The molecule has 0 aliphatic heterocycles. The Balaban J connectivity index is 2.37. The van der Waals surface area contributed by atoms with Crippen LogP contribution in [0.1, 0.15) is 23.5 Å². The molecule has 1 fully saturated rings. The van der Waals surface area contributed by atoms with Crippen LogP contribution in [0.2, 0.25) is 5.02 Å². The number of carboxylic acid groups (broad SMARTS) is 1. The third kappa shape index (κ3) is 2.17. The molecular formula is C11H7Cl3F2O2. The second-order valence-electron chi connectivity index (χ2n) is 4.05. The Morgan fingerprint density at radius 3 is 2.44 bits per heavy atom. The monoisotopic (exact) mass is 314 g/mol. The Hall–Kier alpha value is -0.580. The van der Waals surface area contributed by atoms with Crippen molar-refractivity contribution in [3.63, 3.8) is 0 Å². The zero-order chi connectivity index (χ0) is 13.7. The zero-order valence-electron chi connectivity index (χ0n) is 8.71. The fraction of sp³-hybridized carbons (Fsp3) is 0.364. The lowest BCUT2D eigenvalue weighted by Gasteiger charge is -2.06. The molecule has 1 N–H and O–H groups in total. The number of halogens is 5. The van der Waals surface area contributed by atoms with E-state index in [1.807, 2.05) is 0 Å². The fourth-order valence-corrected chi connectivity index (χ4v) is 2.99. The zero-order valence-corrected chi connectivity index (χ0v) is 11.0. The fourth-order valence-electron chi connectivity index (χ4n) is 1.97. The number of hydrogen-bond donors (Lipinski definition) is 1. The van der Waals surface area contributed by atoms with Gasteiger partial charge in [0.15, 0.2) is 0 Å². The minimum Gasteiger partial charge on any atom is -0.481 e. The Bertz CT molecular complexity index is 505. The van der Waals surface area contributed by atoms with E-state index in [9.17, 15) is 13.6 Å². The van der Waals surface area contributed by atoms with E-state index in [0.29, 0.717) is 5.56 Å². The molecule has 1 aliphatic rings. The van der Waals surface area contributed by atoms with Crippen molar-refractivity contribution in [2.75, 3.05) is 0 Å². The quantitative estimate of drug-likeness (QED) is 0.847. The molecule has 0 bridgehead atoms. The smallest absolute Gasteiger partial charge is 0.310 e. The molecule has 18 heavy (non-hydrogen) atoms. The minimum absolute atomic E-state index is 0.0731.